The second-order valence-corrected chi connectivity index (χ2v) is 6.42. The number of ether oxygens (including phenoxy) is 1. The van der Waals surface area contributed by atoms with Crippen LogP contribution in [0.2, 0.25) is 0 Å². The highest BCUT2D eigenvalue weighted by Gasteiger charge is 2.17. The summed E-state index contributed by atoms with van der Waals surface area (Å²) in [5, 5.41) is 14.1. The van der Waals surface area contributed by atoms with Crippen LogP contribution in [0.15, 0.2) is 79.0 Å². The Balaban J connectivity index is 1.48. The van der Waals surface area contributed by atoms with E-state index in [1.165, 1.54) is 24.4 Å². The highest BCUT2D eigenvalue weighted by molar-refractivity contribution is 6.06. The van der Waals surface area contributed by atoms with E-state index in [1.807, 2.05) is 6.07 Å². The van der Waals surface area contributed by atoms with Crippen LogP contribution < -0.4 is 10.1 Å². The molecule has 0 radical (unpaired) electrons. The molecular weight excluding hydrogens is 386 g/mol. The molecule has 8 nitrogen and oxygen atoms in total. The van der Waals surface area contributed by atoms with Gasteiger partial charge in [0, 0.05) is 40.5 Å². The molecule has 0 fully saturated rings. The van der Waals surface area contributed by atoms with Crippen molar-refractivity contribution in [1.29, 1.82) is 0 Å². The zero-order valence-electron chi connectivity index (χ0n) is 15.5. The normalized spacial score (nSPS) is 10.5. The van der Waals surface area contributed by atoms with Gasteiger partial charge < -0.3 is 15.0 Å². The van der Waals surface area contributed by atoms with Crippen molar-refractivity contribution in [2.45, 2.75) is 0 Å². The largest absolute Gasteiger partial charge is 0.423 e. The third-order valence-corrected chi connectivity index (χ3v) is 4.45. The molecule has 8 heteroatoms. The average Bonchev–Trinajstić information content (AvgIpc) is 3.19. The summed E-state index contributed by atoms with van der Waals surface area (Å²) in [5.74, 6) is -0.624. The lowest BCUT2D eigenvalue weighted by Crippen LogP contribution is -2.11. The summed E-state index contributed by atoms with van der Waals surface area (Å²) >= 11 is 0. The first-order chi connectivity index (χ1) is 14.5. The first-order valence-corrected chi connectivity index (χ1v) is 8.95. The zero-order chi connectivity index (χ0) is 21.1. The number of non-ortho nitro benzene ring substituents is 1. The van der Waals surface area contributed by atoms with E-state index in [4.69, 9.17) is 4.74 Å². The molecule has 0 saturated carbocycles. The molecule has 0 aliphatic carbocycles. The Hall–Kier alpha value is -4.46. The van der Waals surface area contributed by atoms with Gasteiger partial charge in [-0.25, -0.2) is 4.79 Å². The maximum absolute atomic E-state index is 12.5. The molecule has 0 spiro atoms. The maximum atomic E-state index is 12.5. The molecule has 148 valence electrons. The fraction of sp³-hybridized carbons (Fsp3) is 0. The molecule has 4 aromatic rings. The van der Waals surface area contributed by atoms with E-state index >= 15 is 0 Å². The molecule has 4 rings (SSSR count). The minimum Gasteiger partial charge on any atom is -0.423 e. The van der Waals surface area contributed by atoms with Crippen LogP contribution in [0.25, 0.3) is 10.9 Å². The number of nitrogens with zero attached hydrogens (tertiary/aromatic N) is 1. The lowest BCUT2D eigenvalue weighted by atomic mass is 10.1. The predicted molar refractivity (Wildman–Crippen MR) is 111 cm³/mol. The summed E-state index contributed by atoms with van der Waals surface area (Å²) in [5.41, 5.74) is 1.74. The van der Waals surface area contributed by atoms with E-state index in [-0.39, 0.29) is 22.9 Å². The van der Waals surface area contributed by atoms with Crippen molar-refractivity contribution in [3.63, 3.8) is 0 Å². The third kappa shape index (κ3) is 3.88. The summed E-state index contributed by atoms with van der Waals surface area (Å²) in [6, 6.07) is 19.3. The standard InChI is InChI=1S/C22H15N3O5/c26-21(14-4-2-1-3-5-14)24-15-6-9-17(10-7-15)30-22(27)19-13-23-20-11-8-16(25(28)29)12-18(19)20/h1-13,23H,(H,24,26). The van der Waals surface area contributed by atoms with Crippen molar-refractivity contribution in [2.75, 3.05) is 5.32 Å². The number of nitrogens with one attached hydrogen (secondary N) is 2. The Morgan fingerprint density at radius 3 is 2.40 bits per heavy atom. The Bertz CT molecular complexity index is 1250. The van der Waals surface area contributed by atoms with E-state index in [1.54, 1.807) is 48.5 Å². The quantitative estimate of drug-likeness (QED) is 0.220. The summed E-state index contributed by atoms with van der Waals surface area (Å²) in [4.78, 5) is 38.1. The SMILES string of the molecule is O=C(Nc1ccc(OC(=O)c2c[nH]c3ccc([N+](=O)[O-])cc23)cc1)c1ccccc1. The second kappa shape index (κ2) is 7.88. The van der Waals surface area contributed by atoms with Crippen LogP contribution in [0.5, 0.6) is 5.75 Å². The number of hydrogen-bond donors (Lipinski definition) is 2. The molecule has 0 saturated heterocycles. The minimum atomic E-state index is -0.650. The number of carbonyl (C=O) groups is 2. The molecule has 0 aliphatic heterocycles. The molecular formula is C22H15N3O5. The fourth-order valence-electron chi connectivity index (χ4n) is 2.95. The van der Waals surface area contributed by atoms with Crippen molar-refractivity contribution in [1.82, 2.24) is 4.98 Å². The summed E-state index contributed by atoms with van der Waals surface area (Å²) in [6.07, 6.45) is 1.45. The molecule has 3 aromatic carbocycles. The number of nitro groups is 1. The van der Waals surface area contributed by atoms with Crippen LogP contribution in [-0.2, 0) is 0 Å². The summed E-state index contributed by atoms with van der Waals surface area (Å²) < 4.78 is 5.37. The second-order valence-electron chi connectivity index (χ2n) is 6.42. The number of nitro benzene ring substituents is 1. The number of fused-ring (bicyclic) bond motifs is 1. The third-order valence-electron chi connectivity index (χ3n) is 4.45. The van der Waals surface area contributed by atoms with E-state index in [0.717, 1.165) is 0 Å². The smallest absolute Gasteiger partial charge is 0.345 e. The molecule has 0 aliphatic rings. The number of amides is 1. The van der Waals surface area contributed by atoms with Crippen molar-refractivity contribution in [2.24, 2.45) is 0 Å². The molecule has 0 atom stereocenters. The Kier molecular flexibility index (Phi) is 4.96. The van der Waals surface area contributed by atoms with Crippen LogP contribution in [0, 0.1) is 10.1 Å². The number of benzene rings is 3. The number of carbonyl (C=O) groups excluding carboxylic acids is 2. The first-order valence-electron chi connectivity index (χ1n) is 8.95. The number of rotatable bonds is 5. The van der Waals surface area contributed by atoms with Gasteiger partial charge in [-0.3, -0.25) is 14.9 Å². The van der Waals surface area contributed by atoms with E-state index in [9.17, 15) is 19.7 Å². The Morgan fingerprint density at radius 2 is 1.70 bits per heavy atom. The van der Waals surface area contributed by atoms with E-state index in [2.05, 4.69) is 10.3 Å². The monoisotopic (exact) mass is 401 g/mol. The van der Waals surface area contributed by atoms with Gasteiger partial charge in [0.1, 0.15) is 5.75 Å². The average molecular weight is 401 g/mol. The predicted octanol–water partition coefficient (Wildman–Crippen LogP) is 4.55. The lowest BCUT2D eigenvalue weighted by molar-refractivity contribution is -0.384. The first kappa shape index (κ1) is 18.9. The minimum absolute atomic E-state index is 0.116. The van der Waals surface area contributed by atoms with Crippen LogP contribution in [-0.4, -0.2) is 21.8 Å². The van der Waals surface area contributed by atoms with Crippen molar-refractivity contribution in [3.05, 3.63) is 100 Å². The fourth-order valence-corrected chi connectivity index (χ4v) is 2.95. The van der Waals surface area contributed by atoms with Gasteiger partial charge in [-0.2, -0.15) is 0 Å². The summed E-state index contributed by atoms with van der Waals surface area (Å²) in [6.45, 7) is 0. The number of H-pyrrole nitrogens is 1. The Morgan fingerprint density at radius 1 is 0.967 bits per heavy atom. The van der Waals surface area contributed by atoms with Gasteiger partial charge in [0.05, 0.1) is 10.5 Å². The number of aromatic amines is 1. The van der Waals surface area contributed by atoms with Crippen molar-refractivity contribution >= 4 is 34.2 Å². The molecule has 1 aromatic heterocycles. The van der Waals surface area contributed by atoms with E-state index < -0.39 is 10.9 Å². The molecule has 2 N–H and O–H groups in total. The number of hydrogen-bond acceptors (Lipinski definition) is 5. The molecule has 0 bridgehead atoms. The van der Waals surface area contributed by atoms with Gasteiger partial charge in [-0.05, 0) is 42.5 Å². The molecule has 1 amide bonds. The van der Waals surface area contributed by atoms with Crippen LogP contribution >= 0.6 is 0 Å². The highest BCUT2D eigenvalue weighted by Crippen LogP contribution is 2.25. The van der Waals surface area contributed by atoms with Gasteiger partial charge in [0.25, 0.3) is 11.6 Å². The van der Waals surface area contributed by atoms with Crippen molar-refractivity contribution < 1.29 is 19.2 Å². The Labute approximate surface area is 170 Å². The van der Waals surface area contributed by atoms with Gasteiger partial charge in [-0.1, -0.05) is 18.2 Å². The van der Waals surface area contributed by atoms with Gasteiger partial charge in [0.15, 0.2) is 0 Å². The van der Waals surface area contributed by atoms with Crippen LogP contribution in [0.3, 0.4) is 0 Å². The summed E-state index contributed by atoms with van der Waals surface area (Å²) in [7, 11) is 0. The molecule has 30 heavy (non-hydrogen) atoms. The maximum Gasteiger partial charge on any atom is 0.345 e. The van der Waals surface area contributed by atoms with Crippen LogP contribution in [0.4, 0.5) is 11.4 Å². The van der Waals surface area contributed by atoms with Crippen molar-refractivity contribution in [3.8, 4) is 5.75 Å². The van der Waals surface area contributed by atoms with Gasteiger partial charge in [-0.15, -0.1) is 0 Å². The number of esters is 1. The van der Waals surface area contributed by atoms with E-state index in [0.29, 0.717) is 22.2 Å². The topological polar surface area (TPSA) is 114 Å². The molecule has 0 unspecified atom stereocenters. The van der Waals surface area contributed by atoms with Gasteiger partial charge in [0.2, 0.25) is 0 Å². The molecule has 1 heterocycles. The number of anilines is 1. The highest BCUT2D eigenvalue weighted by atomic mass is 16.6. The lowest BCUT2D eigenvalue weighted by Gasteiger charge is -2.07. The van der Waals surface area contributed by atoms with Crippen LogP contribution in [0.1, 0.15) is 20.7 Å². The van der Waals surface area contributed by atoms with Gasteiger partial charge >= 0.3 is 5.97 Å². The number of aromatic nitrogens is 1. The zero-order valence-corrected chi connectivity index (χ0v) is 15.5.